The molecule has 1 saturated heterocycles. The Morgan fingerprint density at radius 1 is 1.25 bits per heavy atom. The van der Waals surface area contributed by atoms with Gasteiger partial charge in [0.05, 0.1) is 14.6 Å². The maximum absolute atomic E-state index is 13.5. The highest BCUT2D eigenvalue weighted by Gasteiger charge is 2.44. The molecule has 168 valence electrons. The van der Waals surface area contributed by atoms with Crippen molar-refractivity contribution in [3.8, 4) is 0 Å². The SMILES string of the molecule is Cc1nc2cc(F)ccc2n1Cc1ccc(C(=O)N(C)C2CCN(C3(I)CCC3)C2)cc1. The molecule has 32 heavy (non-hydrogen) atoms. The van der Waals surface area contributed by atoms with Crippen LogP contribution in [0, 0.1) is 12.7 Å². The van der Waals surface area contributed by atoms with E-state index in [2.05, 4.69) is 37.0 Å². The van der Waals surface area contributed by atoms with Crippen LogP contribution in [0.1, 0.15) is 47.4 Å². The summed E-state index contributed by atoms with van der Waals surface area (Å²) in [5.41, 5.74) is 3.38. The highest BCUT2D eigenvalue weighted by Crippen LogP contribution is 2.45. The molecule has 0 bridgehead atoms. The van der Waals surface area contributed by atoms with E-state index in [9.17, 15) is 9.18 Å². The number of likely N-dealkylation sites (N-methyl/N-ethyl adjacent to an activating group) is 1. The topological polar surface area (TPSA) is 41.4 Å². The monoisotopic (exact) mass is 546 g/mol. The number of alkyl halides is 1. The fraction of sp³-hybridized carbons (Fsp3) is 0.440. The average molecular weight is 546 g/mol. The van der Waals surface area contributed by atoms with E-state index in [1.807, 2.05) is 43.1 Å². The Kier molecular flexibility index (Phi) is 5.73. The minimum Gasteiger partial charge on any atom is -0.337 e. The third-order valence-corrected chi connectivity index (χ3v) is 8.92. The zero-order valence-electron chi connectivity index (χ0n) is 18.5. The number of aromatic nitrogens is 2. The Labute approximate surface area is 201 Å². The maximum atomic E-state index is 13.5. The molecule has 1 atom stereocenters. The molecule has 2 fully saturated rings. The van der Waals surface area contributed by atoms with Crippen molar-refractivity contribution in [3.63, 3.8) is 0 Å². The van der Waals surface area contributed by atoms with Gasteiger partial charge in [0.2, 0.25) is 0 Å². The van der Waals surface area contributed by atoms with Crippen molar-refractivity contribution in [1.82, 2.24) is 19.4 Å². The minimum absolute atomic E-state index is 0.0826. The Balaban J connectivity index is 1.27. The molecule has 1 unspecified atom stereocenters. The normalized spacial score (nSPS) is 20.4. The lowest BCUT2D eigenvalue weighted by Crippen LogP contribution is -2.49. The summed E-state index contributed by atoms with van der Waals surface area (Å²) in [7, 11) is 1.94. The molecule has 1 aliphatic carbocycles. The number of carbonyl (C=O) groups is 1. The van der Waals surface area contributed by atoms with E-state index in [4.69, 9.17) is 0 Å². The van der Waals surface area contributed by atoms with Crippen molar-refractivity contribution in [2.24, 2.45) is 0 Å². The van der Waals surface area contributed by atoms with E-state index >= 15 is 0 Å². The molecule has 2 aliphatic rings. The predicted octanol–water partition coefficient (Wildman–Crippen LogP) is 4.99. The third-order valence-electron chi connectivity index (χ3n) is 7.16. The summed E-state index contributed by atoms with van der Waals surface area (Å²) >= 11 is 2.61. The van der Waals surface area contributed by atoms with Crippen LogP contribution in [0.2, 0.25) is 0 Å². The van der Waals surface area contributed by atoms with Crippen LogP contribution >= 0.6 is 22.6 Å². The Bertz CT molecular complexity index is 1150. The molecular formula is C25H28FIN4O. The zero-order valence-corrected chi connectivity index (χ0v) is 20.7. The number of fused-ring (bicyclic) bond motifs is 1. The number of aryl methyl sites for hydroxylation is 1. The molecule has 2 aromatic carbocycles. The molecule has 5 nitrogen and oxygen atoms in total. The van der Waals surface area contributed by atoms with E-state index in [-0.39, 0.29) is 17.8 Å². The molecule has 7 heteroatoms. The second-order valence-corrected chi connectivity index (χ2v) is 11.2. The van der Waals surface area contributed by atoms with Gasteiger partial charge in [-0.25, -0.2) is 9.37 Å². The number of rotatable bonds is 5. The number of benzene rings is 2. The van der Waals surface area contributed by atoms with Gasteiger partial charge in [0.15, 0.2) is 0 Å². The van der Waals surface area contributed by atoms with Crippen molar-refractivity contribution in [3.05, 3.63) is 65.2 Å². The number of hydrogen-bond donors (Lipinski definition) is 0. The van der Waals surface area contributed by atoms with Gasteiger partial charge in [-0.3, -0.25) is 9.69 Å². The lowest BCUT2D eigenvalue weighted by atomic mass is 9.92. The second-order valence-electron chi connectivity index (χ2n) is 9.15. The molecular weight excluding hydrogens is 518 g/mol. The van der Waals surface area contributed by atoms with E-state index < -0.39 is 0 Å². The standard InChI is InChI=1S/C25H28FIN4O/c1-17-28-22-14-20(26)8-9-23(22)31(17)15-18-4-6-19(7-5-18)24(32)29(2)21-10-13-30(16-21)25(27)11-3-12-25/h4-9,14,21H,3,10-13,15-16H2,1-2H3. The van der Waals surface area contributed by atoms with Crippen LogP contribution in [0.25, 0.3) is 11.0 Å². The minimum atomic E-state index is -0.277. The highest BCUT2D eigenvalue weighted by molar-refractivity contribution is 14.1. The quantitative estimate of drug-likeness (QED) is 0.257. The average Bonchev–Trinajstić information content (AvgIpc) is 3.37. The number of amides is 1. The van der Waals surface area contributed by atoms with Crippen LogP contribution in [0.4, 0.5) is 4.39 Å². The van der Waals surface area contributed by atoms with Crippen molar-refractivity contribution in [2.75, 3.05) is 20.1 Å². The third kappa shape index (κ3) is 3.94. The number of hydrogen-bond acceptors (Lipinski definition) is 3. The van der Waals surface area contributed by atoms with Gasteiger partial charge in [-0.15, -0.1) is 0 Å². The van der Waals surface area contributed by atoms with Gasteiger partial charge in [-0.2, -0.15) is 0 Å². The second kappa shape index (κ2) is 8.41. The molecule has 1 aromatic heterocycles. The van der Waals surface area contributed by atoms with Gasteiger partial charge in [-0.1, -0.05) is 34.7 Å². The molecule has 1 amide bonds. The van der Waals surface area contributed by atoms with E-state index in [1.165, 1.54) is 31.4 Å². The molecule has 1 saturated carbocycles. The highest BCUT2D eigenvalue weighted by atomic mass is 127. The van der Waals surface area contributed by atoms with Crippen molar-refractivity contribution < 1.29 is 9.18 Å². The summed E-state index contributed by atoms with van der Waals surface area (Å²) in [6.45, 7) is 4.61. The summed E-state index contributed by atoms with van der Waals surface area (Å²) < 4.78 is 15.9. The number of halogens is 2. The molecule has 0 N–H and O–H groups in total. The van der Waals surface area contributed by atoms with E-state index in [1.54, 1.807) is 6.07 Å². The summed E-state index contributed by atoms with van der Waals surface area (Å²) in [5.74, 6) is 0.649. The largest absolute Gasteiger partial charge is 0.337 e. The van der Waals surface area contributed by atoms with Gasteiger partial charge in [-0.05, 0) is 62.4 Å². The van der Waals surface area contributed by atoms with Crippen LogP contribution in [-0.2, 0) is 6.54 Å². The first kappa shape index (κ1) is 21.8. The van der Waals surface area contributed by atoms with Crippen LogP contribution < -0.4 is 0 Å². The van der Waals surface area contributed by atoms with E-state index in [0.29, 0.717) is 15.6 Å². The summed E-state index contributed by atoms with van der Waals surface area (Å²) in [6, 6.07) is 12.8. The molecule has 0 radical (unpaired) electrons. The van der Waals surface area contributed by atoms with Crippen LogP contribution in [-0.4, -0.2) is 55.0 Å². The van der Waals surface area contributed by atoms with Crippen molar-refractivity contribution in [1.29, 1.82) is 0 Å². The molecule has 0 spiro atoms. The fourth-order valence-electron chi connectivity index (χ4n) is 4.93. The van der Waals surface area contributed by atoms with Gasteiger partial charge in [0.1, 0.15) is 11.6 Å². The van der Waals surface area contributed by atoms with E-state index in [0.717, 1.165) is 42.0 Å². The smallest absolute Gasteiger partial charge is 0.253 e. The summed E-state index contributed by atoms with van der Waals surface area (Å²) in [4.78, 5) is 22.1. The predicted molar refractivity (Wildman–Crippen MR) is 133 cm³/mol. The summed E-state index contributed by atoms with van der Waals surface area (Å²) in [5, 5.41) is 0. The molecule has 3 aromatic rings. The number of carbonyl (C=O) groups excluding carboxylic acids is 1. The van der Waals surface area contributed by atoms with Crippen LogP contribution in [0.15, 0.2) is 42.5 Å². The molecule has 5 rings (SSSR count). The first-order valence-electron chi connectivity index (χ1n) is 11.3. The van der Waals surface area contributed by atoms with Crippen LogP contribution in [0.5, 0.6) is 0 Å². The zero-order chi connectivity index (χ0) is 22.5. The van der Waals surface area contributed by atoms with Gasteiger partial charge in [0.25, 0.3) is 5.91 Å². The first-order valence-corrected chi connectivity index (χ1v) is 12.3. The Hall–Kier alpha value is -2.00. The van der Waals surface area contributed by atoms with Gasteiger partial charge < -0.3 is 9.47 Å². The first-order chi connectivity index (χ1) is 15.3. The maximum Gasteiger partial charge on any atom is 0.253 e. The van der Waals surface area contributed by atoms with Crippen molar-refractivity contribution >= 4 is 39.5 Å². The van der Waals surface area contributed by atoms with Gasteiger partial charge >= 0.3 is 0 Å². The number of likely N-dealkylation sites (tertiary alicyclic amines) is 1. The Morgan fingerprint density at radius 2 is 2.00 bits per heavy atom. The van der Waals surface area contributed by atoms with Crippen molar-refractivity contribution in [2.45, 2.75) is 48.7 Å². The lowest BCUT2D eigenvalue weighted by Gasteiger charge is -2.44. The Morgan fingerprint density at radius 3 is 2.69 bits per heavy atom. The molecule has 1 aliphatic heterocycles. The summed E-state index contributed by atoms with van der Waals surface area (Å²) in [6.07, 6.45) is 4.88. The molecule has 2 heterocycles. The fourth-order valence-corrected chi connectivity index (χ4v) is 6.14. The number of nitrogens with zero attached hydrogens (tertiary/aromatic N) is 4. The van der Waals surface area contributed by atoms with Crippen LogP contribution in [0.3, 0.4) is 0 Å². The van der Waals surface area contributed by atoms with Gasteiger partial charge in [0, 0.05) is 44.4 Å². The number of imidazole rings is 1. The lowest BCUT2D eigenvalue weighted by molar-refractivity contribution is 0.0714.